The van der Waals surface area contributed by atoms with E-state index in [1.807, 2.05) is 12.1 Å². The van der Waals surface area contributed by atoms with E-state index in [0.717, 1.165) is 18.5 Å². The second-order valence-corrected chi connectivity index (χ2v) is 6.14. The zero-order valence-corrected chi connectivity index (χ0v) is 12.9. The van der Waals surface area contributed by atoms with E-state index in [0.29, 0.717) is 23.6 Å². The Bertz CT molecular complexity index is 731. The molecule has 4 rings (SSSR count). The highest BCUT2D eigenvalue weighted by Gasteiger charge is 2.54. The van der Waals surface area contributed by atoms with Crippen molar-refractivity contribution in [3.63, 3.8) is 0 Å². The van der Waals surface area contributed by atoms with Gasteiger partial charge in [0.15, 0.2) is 0 Å². The fourth-order valence-electron chi connectivity index (χ4n) is 3.84. The third-order valence-corrected chi connectivity index (χ3v) is 4.93. The average molecular weight is 313 g/mol. The minimum atomic E-state index is -0.104. The lowest BCUT2D eigenvalue weighted by molar-refractivity contribution is -0.0809. The zero-order chi connectivity index (χ0) is 15.8. The monoisotopic (exact) mass is 313 g/mol. The summed E-state index contributed by atoms with van der Waals surface area (Å²) in [7, 11) is 1.68. The minimum Gasteiger partial charge on any atom is -0.384 e. The number of amides is 1. The maximum atomic E-state index is 12.7. The molecule has 2 aromatic rings. The molecule has 0 unspecified atom stereocenters. The van der Waals surface area contributed by atoms with Gasteiger partial charge in [0, 0.05) is 44.0 Å². The molecule has 1 amide bonds. The molecule has 4 atom stereocenters. The van der Waals surface area contributed by atoms with E-state index < -0.39 is 0 Å². The lowest BCUT2D eigenvalue weighted by atomic mass is 9.67. The molecule has 1 aliphatic carbocycles. The van der Waals surface area contributed by atoms with E-state index in [-0.39, 0.29) is 24.0 Å². The van der Waals surface area contributed by atoms with E-state index in [1.54, 1.807) is 25.6 Å². The SMILES string of the molecule is COC[C@H]1[C@@H](NC(=O)c2cccc3nccnc23)[C@H]2CCO[C@H]21. The van der Waals surface area contributed by atoms with Crippen LogP contribution in [0.2, 0.25) is 0 Å². The first-order valence-electron chi connectivity index (χ1n) is 7.90. The van der Waals surface area contributed by atoms with Gasteiger partial charge in [0.1, 0.15) is 5.52 Å². The summed E-state index contributed by atoms with van der Waals surface area (Å²) in [5.41, 5.74) is 1.92. The predicted molar refractivity (Wildman–Crippen MR) is 84.0 cm³/mol. The van der Waals surface area contributed by atoms with Crippen LogP contribution in [0.3, 0.4) is 0 Å². The standard InChI is InChI=1S/C17H19N3O3/c1-22-9-12-14(10-5-8-23-16(10)12)20-17(21)11-3-2-4-13-15(11)19-7-6-18-13/h2-4,6-7,10,12,14,16H,5,8-9H2,1H3,(H,20,21)/t10-,12+,14+,16-/m1/s1. The largest absolute Gasteiger partial charge is 0.384 e. The second-order valence-electron chi connectivity index (χ2n) is 6.14. The Morgan fingerprint density at radius 1 is 1.39 bits per heavy atom. The molecule has 1 saturated heterocycles. The van der Waals surface area contributed by atoms with E-state index in [9.17, 15) is 4.79 Å². The molecule has 2 heterocycles. The lowest BCUT2D eigenvalue weighted by Crippen LogP contribution is -2.62. The molecule has 6 heteroatoms. The second kappa shape index (κ2) is 5.86. The molecule has 6 nitrogen and oxygen atoms in total. The summed E-state index contributed by atoms with van der Waals surface area (Å²) in [6.07, 6.45) is 4.44. The highest BCUT2D eigenvalue weighted by Crippen LogP contribution is 2.43. The number of nitrogens with one attached hydrogen (secondary N) is 1. The van der Waals surface area contributed by atoms with Crippen LogP contribution in [-0.2, 0) is 9.47 Å². The first kappa shape index (κ1) is 14.5. The van der Waals surface area contributed by atoms with Crippen LogP contribution < -0.4 is 5.32 Å². The molecule has 120 valence electrons. The summed E-state index contributed by atoms with van der Waals surface area (Å²) >= 11 is 0. The number of hydrogen-bond acceptors (Lipinski definition) is 5. The van der Waals surface area contributed by atoms with Gasteiger partial charge in [-0.05, 0) is 18.6 Å². The van der Waals surface area contributed by atoms with Gasteiger partial charge in [0.2, 0.25) is 0 Å². The van der Waals surface area contributed by atoms with Crippen molar-refractivity contribution in [1.29, 1.82) is 0 Å². The highest BCUT2D eigenvalue weighted by atomic mass is 16.5. The summed E-state index contributed by atoms with van der Waals surface area (Å²) in [5.74, 6) is 0.505. The van der Waals surface area contributed by atoms with Crippen molar-refractivity contribution < 1.29 is 14.3 Å². The van der Waals surface area contributed by atoms with E-state index >= 15 is 0 Å². The maximum Gasteiger partial charge on any atom is 0.253 e. The number of rotatable bonds is 4. The molecule has 2 fully saturated rings. The first-order chi connectivity index (χ1) is 11.3. The normalized spacial score (nSPS) is 29.1. The number of nitrogens with zero attached hydrogens (tertiary/aromatic N) is 2. The smallest absolute Gasteiger partial charge is 0.253 e. The number of carbonyl (C=O) groups excluding carboxylic acids is 1. The van der Waals surface area contributed by atoms with Gasteiger partial charge in [-0.25, -0.2) is 0 Å². The summed E-state index contributed by atoms with van der Waals surface area (Å²) in [6.45, 7) is 1.36. The Labute approximate surface area is 134 Å². The third-order valence-electron chi connectivity index (χ3n) is 4.93. The Balaban J connectivity index is 1.57. The summed E-state index contributed by atoms with van der Waals surface area (Å²) < 4.78 is 11.0. The summed E-state index contributed by atoms with van der Waals surface area (Å²) in [5, 5.41) is 3.16. The van der Waals surface area contributed by atoms with Crippen LogP contribution in [-0.4, -0.2) is 48.3 Å². The Hall–Kier alpha value is -2.05. The quantitative estimate of drug-likeness (QED) is 0.924. The number of aromatic nitrogens is 2. The van der Waals surface area contributed by atoms with Crippen LogP contribution in [0.15, 0.2) is 30.6 Å². The summed E-state index contributed by atoms with van der Waals surface area (Å²) in [6, 6.07) is 5.58. The van der Waals surface area contributed by atoms with Crippen LogP contribution in [0.1, 0.15) is 16.8 Å². The van der Waals surface area contributed by atoms with Crippen LogP contribution >= 0.6 is 0 Å². The molecule has 23 heavy (non-hydrogen) atoms. The molecule has 0 bridgehead atoms. The molecular weight excluding hydrogens is 294 g/mol. The lowest BCUT2D eigenvalue weighted by Gasteiger charge is -2.47. The van der Waals surface area contributed by atoms with Crippen molar-refractivity contribution in [2.45, 2.75) is 18.6 Å². The van der Waals surface area contributed by atoms with Crippen molar-refractivity contribution >= 4 is 16.9 Å². The van der Waals surface area contributed by atoms with E-state index in [2.05, 4.69) is 15.3 Å². The first-order valence-corrected chi connectivity index (χ1v) is 7.90. The number of carbonyl (C=O) groups is 1. The maximum absolute atomic E-state index is 12.7. The summed E-state index contributed by atoms with van der Waals surface area (Å²) in [4.78, 5) is 21.3. The van der Waals surface area contributed by atoms with Gasteiger partial charge in [-0.15, -0.1) is 0 Å². The van der Waals surface area contributed by atoms with Gasteiger partial charge in [0.25, 0.3) is 5.91 Å². The van der Waals surface area contributed by atoms with Crippen molar-refractivity contribution in [2.24, 2.45) is 11.8 Å². The number of methoxy groups -OCH3 is 1. The zero-order valence-electron chi connectivity index (χ0n) is 12.9. The molecule has 1 aromatic heterocycles. The molecule has 1 aliphatic heterocycles. The van der Waals surface area contributed by atoms with Gasteiger partial charge in [-0.2, -0.15) is 0 Å². The molecule has 1 N–H and O–H groups in total. The van der Waals surface area contributed by atoms with Crippen molar-refractivity contribution in [1.82, 2.24) is 15.3 Å². The fourth-order valence-corrected chi connectivity index (χ4v) is 3.84. The average Bonchev–Trinajstić information content (AvgIpc) is 3.01. The van der Waals surface area contributed by atoms with Crippen LogP contribution in [0.5, 0.6) is 0 Å². The Morgan fingerprint density at radius 3 is 3.13 bits per heavy atom. The van der Waals surface area contributed by atoms with Gasteiger partial charge in [0.05, 0.1) is 23.8 Å². The van der Waals surface area contributed by atoms with Crippen molar-refractivity contribution in [3.8, 4) is 0 Å². The molecule has 1 aromatic carbocycles. The third kappa shape index (κ3) is 2.38. The number of benzene rings is 1. The van der Waals surface area contributed by atoms with E-state index in [4.69, 9.17) is 9.47 Å². The molecule has 1 saturated carbocycles. The number of hydrogen-bond donors (Lipinski definition) is 1. The van der Waals surface area contributed by atoms with Crippen LogP contribution in [0.25, 0.3) is 11.0 Å². The number of fused-ring (bicyclic) bond motifs is 2. The molecule has 2 aliphatic rings. The Morgan fingerprint density at radius 2 is 2.26 bits per heavy atom. The van der Waals surface area contributed by atoms with Crippen molar-refractivity contribution in [3.05, 3.63) is 36.2 Å². The fraction of sp³-hybridized carbons (Fsp3) is 0.471. The highest BCUT2D eigenvalue weighted by molar-refractivity contribution is 6.04. The number of para-hydroxylation sites is 1. The number of ether oxygens (including phenoxy) is 2. The van der Waals surface area contributed by atoms with Crippen LogP contribution in [0, 0.1) is 11.8 Å². The van der Waals surface area contributed by atoms with Gasteiger partial charge in [-0.3, -0.25) is 14.8 Å². The minimum absolute atomic E-state index is 0.0990. The van der Waals surface area contributed by atoms with E-state index in [1.165, 1.54) is 0 Å². The van der Waals surface area contributed by atoms with Gasteiger partial charge >= 0.3 is 0 Å². The topological polar surface area (TPSA) is 73.3 Å². The van der Waals surface area contributed by atoms with Gasteiger partial charge in [-0.1, -0.05) is 6.07 Å². The van der Waals surface area contributed by atoms with Crippen molar-refractivity contribution in [2.75, 3.05) is 20.3 Å². The van der Waals surface area contributed by atoms with Gasteiger partial charge < -0.3 is 14.8 Å². The molecular formula is C17H19N3O3. The van der Waals surface area contributed by atoms with Crippen LogP contribution in [0.4, 0.5) is 0 Å². The molecule has 0 spiro atoms. The molecule has 0 radical (unpaired) electrons. The predicted octanol–water partition coefficient (Wildman–Crippen LogP) is 1.41. The Kier molecular flexibility index (Phi) is 3.71.